The number of nitrogens with zero attached hydrogens (tertiary/aromatic N) is 1. The smallest absolute Gasteiger partial charge is 0.240 e. The molecule has 0 radical (unpaired) electrons. The number of hydrogen-bond acceptors (Lipinski definition) is 4. The lowest BCUT2D eigenvalue weighted by Crippen LogP contribution is -2.39. The Hall–Kier alpha value is -0.950. The number of nitrogens with one attached hydrogen (secondary N) is 1. The van der Waals surface area contributed by atoms with Crippen LogP contribution in [0, 0.1) is 5.92 Å². The molecule has 3 N–H and O–H groups in total. The van der Waals surface area contributed by atoms with Crippen LogP contribution in [0.15, 0.2) is 29.2 Å². The molecule has 112 valence electrons. The number of nitrogens with two attached hydrogens (primary N) is 1. The van der Waals surface area contributed by atoms with E-state index in [0.29, 0.717) is 23.9 Å². The third-order valence-corrected chi connectivity index (χ3v) is 5.19. The van der Waals surface area contributed by atoms with Crippen LogP contribution < -0.4 is 10.5 Å². The number of likely N-dealkylation sites (tertiary alicyclic amines) is 1. The van der Waals surface area contributed by atoms with Gasteiger partial charge in [-0.25, -0.2) is 13.1 Å². The number of rotatable bonds is 5. The van der Waals surface area contributed by atoms with Gasteiger partial charge < -0.3 is 10.6 Å². The van der Waals surface area contributed by atoms with Gasteiger partial charge in [-0.05, 0) is 50.0 Å². The summed E-state index contributed by atoms with van der Waals surface area (Å²) in [5.74, 6) is 0.395. The average molecular weight is 297 g/mol. The van der Waals surface area contributed by atoms with E-state index >= 15 is 0 Å². The second-order valence-electron chi connectivity index (χ2n) is 5.47. The van der Waals surface area contributed by atoms with Gasteiger partial charge in [0.1, 0.15) is 0 Å². The Morgan fingerprint density at radius 2 is 2.05 bits per heavy atom. The van der Waals surface area contributed by atoms with Crippen LogP contribution in [-0.4, -0.2) is 40.0 Å². The van der Waals surface area contributed by atoms with Gasteiger partial charge in [0.05, 0.1) is 4.90 Å². The van der Waals surface area contributed by atoms with Crippen molar-refractivity contribution in [1.82, 2.24) is 9.62 Å². The minimum absolute atomic E-state index is 0.305. The second-order valence-corrected chi connectivity index (χ2v) is 7.24. The summed E-state index contributed by atoms with van der Waals surface area (Å²) in [6.45, 7) is 2.98. The van der Waals surface area contributed by atoms with E-state index < -0.39 is 10.0 Å². The lowest BCUT2D eigenvalue weighted by molar-refractivity contribution is 0.211. The second kappa shape index (κ2) is 6.67. The fraction of sp³-hybridized carbons (Fsp3) is 0.571. The fourth-order valence-corrected chi connectivity index (χ4v) is 3.67. The quantitative estimate of drug-likeness (QED) is 0.841. The van der Waals surface area contributed by atoms with Crippen molar-refractivity contribution in [3.05, 3.63) is 29.8 Å². The van der Waals surface area contributed by atoms with Gasteiger partial charge in [-0.1, -0.05) is 12.1 Å². The number of sulfonamides is 1. The van der Waals surface area contributed by atoms with E-state index in [1.807, 2.05) is 0 Å². The number of benzene rings is 1. The van der Waals surface area contributed by atoms with Crippen molar-refractivity contribution in [2.75, 3.05) is 26.7 Å². The molecule has 1 atom stereocenters. The van der Waals surface area contributed by atoms with Crippen LogP contribution in [0.4, 0.5) is 0 Å². The van der Waals surface area contributed by atoms with Gasteiger partial charge in [-0.2, -0.15) is 0 Å². The predicted molar refractivity (Wildman–Crippen MR) is 79.7 cm³/mol. The van der Waals surface area contributed by atoms with Crippen molar-refractivity contribution in [3.63, 3.8) is 0 Å². The van der Waals surface area contributed by atoms with Crippen molar-refractivity contribution < 1.29 is 8.42 Å². The Bertz CT molecular complexity index is 528. The molecule has 1 saturated heterocycles. The molecular formula is C14H23N3O2S. The van der Waals surface area contributed by atoms with E-state index in [1.165, 1.54) is 0 Å². The topological polar surface area (TPSA) is 75.4 Å². The van der Waals surface area contributed by atoms with Crippen molar-refractivity contribution in [2.24, 2.45) is 11.7 Å². The molecule has 0 bridgehead atoms. The van der Waals surface area contributed by atoms with Gasteiger partial charge in [-0.15, -0.1) is 0 Å². The molecule has 2 rings (SSSR count). The van der Waals surface area contributed by atoms with Crippen LogP contribution in [0.2, 0.25) is 0 Å². The predicted octanol–water partition coefficient (Wildman–Crippen LogP) is 0.765. The van der Waals surface area contributed by atoms with Crippen molar-refractivity contribution in [1.29, 1.82) is 0 Å². The highest BCUT2D eigenvalue weighted by Crippen LogP contribution is 2.16. The molecule has 1 unspecified atom stereocenters. The number of hydrogen-bond donors (Lipinski definition) is 2. The molecule has 6 heteroatoms. The molecule has 20 heavy (non-hydrogen) atoms. The van der Waals surface area contributed by atoms with E-state index in [-0.39, 0.29) is 0 Å². The maximum atomic E-state index is 12.2. The molecular weight excluding hydrogens is 274 g/mol. The molecule has 0 amide bonds. The molecule has 1 heterocycles. The van der Waals surface area contributed by atoms with Gasteiger partial charge >= 0.3 is 0 Å². The first-order valence-electron chi connectivity index (χ1n) is 6.98. The van der Waals surface area contributed by atoms with E-state index in [2.05, 4.69) is 16.7 Å². The maximum Gasteiger partial charge on any atom is 0.240 e. The Labute approximate surface area is 121 Å². The van der Waals surface area contributed by atoms with Crippen LogP contribution in [0.5, 0.6) is 0 Å². The minimum Gasteiger partial charge on any atom is -0.326 e. The first-order valence-corrected chi connectivity index (χ1v) is 8.47. The monoisotopic (exact) mass is 297 g/mol. The summed E-state index contributed by atoms with van der Waals surface area (Å²) in [6.07, 6.45) is 2.22. The normalized spacial score (nSPS) is 21.0. The van der Waals surface area contributed by atoms with Gasteiger partial charge in [0.25, 0.3) is 0 Å². The molecule has 1 aromatic carbocycles. The minimum atomic E-state index is -3.41. The van der Waals surface area contributed by atoms with E-state index in [9.17, 15) is 8.42 Å². The summed E-state index contributed by atoms with van der Waals surface area (Å²) in [7, 11) is -1.34. The Kier molecular flexibility index (Phi) is 5.15. The highest BCUT2D eigenvalue weighted by molar-refractivity contribution is 7.89. The Morgan fingerprint density at radius 3 is 2.65 bits per heavy atom. The third kappa shape index (κ3) is 4.02. The first-order chi connectivity index (χ1) is 9.51. The van der Waals surface area contributed by atoms with Gasteiger partial charge in [0.2, 0.25) is 10.0 Å². The summed E-state index contributed by atoms with van der Waals surface area (Å²) < 4.78 is 27.1. The highest BCUT2D eigenvalue weighted by Gasteiger charge is 2.20. The van der Waals surface area contributed by atoms with Crippen LogP contribution in [0.1, 0.15) is 18.4 Å². The van der Waals surface area contributed by atoms with Crippen molar-refractivity contribution >= 4 is 10.0 Å². The van der Waals surface area contributed by atoms with Gasteiger partial charge in [-0.3, -0.25) is 0 Å². The molecule has 1 aliphatic rings. The van der Waals surface area contributed by atoms with Crippen molar-refractivity contribution in [2.45, 2.75) is 24.3 Å². The molecule has 0 saturated carbocycles. The van der Waals surface area contributed by atoms with Crippen LogP contribution in [0.3, 0.4) is 0 Å². The number of piperidine rings is 1. The van der Waals surface area contributed by atoms with E-state index in [1.54, 1.807) is 24.3 Å². The molecule has 1 aliphatic heterocycles. The maximum absolute atomic E-state index is 12.2. The summed E-state index contributed by atoms with van der Waals surface area (Å²) in [6, 6.07) is 6.72. The van der Waals surface area contributed by atoms with Gasteiger partial charge in [0, 0.05) is 19.6 Å². The Morgan fingerprint density at radius 1 is 1.35 bits per heavy atom. The average Bonchev–Trinajstić information content (AvgIpc) is 2.45. The summed E-state index contributed by atoms with van der Waals surface area (Å²) >= 11 is 0. The molecule has 1 fully saturated rings. The molecule has 0 aliphatic carbocycles. The lowest BCUT2D eigenvalue weighted by atomic mass is 9.99. The van der Waals surface area contributed by atoms with Crippen LogP contribution in [-0.2, 0) is 16.6 Å². The van der Waals surface area contributed by atoms with Crippen LogP contribution in [0.25, 0.3) is 0 Å². The first kappa shape index (κ1) is 15.4. The zero-order valence-corrected chi connectivity index (χ0v) is 12.7. The van der Waals surface area contributed by atoms with Crippen LogP contribution >= 0.6 is 0 Å². The molecule has 0 aromatic heterocycles. The zero-order valence-electron chi connectivity index (χ0n) is 11.9. The SMILES string of the molecule is CN1CCCC(CNS(=O)(=O)c2ccc(CN)cc2)C1. The molecule has 0 spiro atoms. The molecule has 5 nitrogen and oxygen atoms in total. The van der Waals surface area contributed by atoms with Gasteiger partial charge in [0.15, 0.2) is 0 Å². The third-order valence-electron chi connectivity index (χ3n) is 3.75. The lowest BCUT2D eigenvalue weighted by Gasteiger charge is -2.29. The standard InChI is InChI=1S/C14H23N3O2S/c1-17-8-2-3-13(11-17)10-16-20(18,19)14-6-4-12(9-15)5-7-14/h4-7,13,16H,2-3,8-11,15H2,1H3. The van der Waals surface area contributed by atoms with Crippen molar-refractivity contribution in [3.8, 4) is 0 Å². The molecule has 1 aromatic rings. The highest BCUT2D eigenvalue weighted by atomic mass is 32.2. The fourth-order valence-electron chi connectivity index (χ4n) is 2.56. The largest absolute Gasteiger partial charge is 0.326 e. The zero-order chi connectivity index (χ0) is 14.6. The summed E-state index contributed by atoms with van der Waals surface area (Å²) in [4.78, 5) is 2.55. The van der Waals surface area contributed by atoms with E-state index in [4.69, 9.17) is 5.73 Å². The summed E-state index contributed by atoms with van der Waals surface area (Å²) in [5, 5.41) is 0. The summed E-state index contributed by atoms with van der Waals surface area (Å²) in [5.41, 5.74) is 6.44. The Balaban J connectivity index is 1.96. The van der Waals surface area contributed by atoms with E-state index in [0.717, 1.165) is 31.5 Å².